The molecule has 0 spiro atoms. The summed E-state index contributed by atoms with van der Waals surface area (Å²) < 4.78 is 16.2. The number of halogens is 1. The smallest absolute Gasteiger partial charge is 0.229 e. The average Bonchev–Trinajstić information content (AvgIpc) is 3.13. The first-order valence-corrected chi connectivity index (χ1v) is 11.0. The number of aryl methyl sites for hydroxylation is 3. The molecule has 8 heteroatoms. The van der Waals surface area contributed by atoms with Gasteiger partial charge in [-0.25, -0.2) is 14.1 Å². The van der Waals surface area contributed by atoms with Crippen LogP contribution in [0, 0.1) is 19.7 Å². The van der Waals surface area contributed by atoms with Crippen molar-refractivity contribution in [2.45, 2.75) is 20.3 Å². The van der Waals surface area contributed by atoms with Crippen molar-refractivity contribution in [3.05, 3.63) is 71.2 Å². The summed E-state index contributed by atoms with van der Waals surface area (Å²) in [5.74, 6) is 0.915. The van der Waals surface area contributed by atoms with Crippen molar-refractivity contribution in [2.24, 2.45) is 7.05 Å². The number of rotatable bonds is 5. The summed E-state index contributed by atoms with van der Waals surface area (Å²) in [5, 5.41) is 15.3. The lowest BCUT2D eigenvalue weighted by Crippen LogP contribution is -2.20. The van der Waals surface area contributed by atoms with Crippen molar-refractivity contribution in [3.63, 3.8) is 0 Å². The third-order valence-electron chi connectivity index (χ3n) is 5.94. The lowest BCUT2D eigenvalue weighted by molar-refractivity contribution is 0.621. The van der Waals surface area contributed by atoms with Gasteiger partial charge in [0.2, 0.25) is 5.95 Å². The van der Waals surface area contributed by atoms with Gasteiger partial charge in [0.25, 0.3) is 0 Å². The molecule has 3 heterocycles. The lowest BCUT2D eigenvalue weighted by atomic mass is 9.99. The number of para-hydroxylation sites is 1. The third kappa shape index (κ3) is 4.17. The second-order valence-corrected chi connectivity index (χ2v) is 8.30. The molecule has 2 aromatic carbocycles. The molecule has 168 valence electrons. The highest BCUT2D eigenvalue weighted by Crippen LogP contribution is 2.30. The number of nitrogens with zero attached hydrogens (tertiary/aromatic N) is 4. The molecular weight excluding hydrogens is 417 g/mol. The first-order valence-electron chi connectivity index (χ1n) is 11.0. The molecule has 0 saturated carbocycles. The Morgan fingerprint density at radius 3 is 2.67 bits per heavy atom. The van der Waals surface area contributed by atoms with Crippen LogP contribution in [0.4, 0.5) is 27.5 Å². The molecular formula is C25H26FN7. The van der Waals surface area contributed by atoms with Crippen molar-refractivity contribution >= 4 is 39.7 Å². The van der Waals surface area contributed by atoms with Gasteiger partial charge in [-0.3, -0.25) is 0 Å². The van der Waals surface area contributed by atoms with Crippen LogP contribution >= 0.6 is 0 Å². The summed E-state index contributed by atoms with van der Waals surface area (Å²) in [6.07, 6.45) is 4.59. The molecule has 0 saturated heterocycles. The summed E-state index contributed by atoms with van der Waals surface area (Å²) in [5.41, 5.74) is 6.38. The molecule has 0 fully saturated rings. The first-order chi connectivity index (χ1) is 16.0. The van der Waals surface area contributed by atoms with Gasteiger partial charge in [-0.1, -0.05) is 24.3 Å². The molecule has 4 aromatic rings. The van der Waals surface area contributed by atoms with Crippen LogP contribution in [0.1, 0.15) is 23.1 Å². The molecule has 7 nitrogen and oxygen atoms in total. The van der Waals surface area contributed by atoms with Crippen LogP contribution in [-0.4, -0.2) is 32.8 Å². The van der Waals surface area contributed by atoms with Gasteiger partial charge in [0.1, 0.15) is 5.82 Å². The normalized spacial score (nSPS) is 13.8. The summed E-state index contributed by atoms with van der Waals surface area (Å²) in [6.45, 7) is 5.73. The Morgan fingerprint density at radius 1 is 1.09 bits per heavy atom. The van der Waals surface area contributed by atoms with E-state index in [-0.39, 0.29) is 5.82 Å². The van der Waals surface area contributed by atoms with Gasteiger partial charge in [-0.05, 0) is 61.7 Å². The SMILES string of the molecule is Cc1cccc(C)c1Nc1nn(C)c2nc(Nc3ccc(F)c(C4=CCNCC4)c3)ncc12. The Kier molecular flexibility index (Phi) is 5.51. The fraction of sp³-hybridized carbons (Fsp3) is 0.240. The van der Waals surface area contributed by atoms with Crippen LogP contribution in [0.2, 0.25) is 0 Å². The van der Waals surface area contributed by atoms with Crippen molar-refractivity contribution in [1.82, 2.24) is 25.1 Å². The van der Waals surface area contributed by atoms with E-state index in [0.29, 0.717) is 23.0 Å². The molecule has 1 aliphatic rings. The van der Waals surface area contributed by atoms with Gasteiger partial charge in [0.15, 0.2) is 11.5 Å². The Balaban J connectivity index is 1.44. The van der Waals surface area contributed by atoms with Gasteiger partial charge in [0.05, 0.1) is 5.39 Å². The van der Waals surface area contributed by atoms with E-state index in [1.54, 1.807) is 16.9 Å². The van der Waals surface area contributed by atoms with E-state index in [2.05, 4.69) is 57.0 Å². The van der Waals surface area contributed by atoms with E-state index >= 15 is 0 Å². The number of hydrogen-bond donors (Lipinski definition) is 3. The highest BCUT2D eigenvalue weighted by atomic mass is 19.1. The number of fused-ring (bicyclic) bond motifs is 1. The van der Waals surface area contributed by atoms with E-state index in [9.17, 15) is 4.39 Å². The van der Waals surface area contributed by atoms with Crippen molar-refractivity contribution < 1.29 is 4.39 Å². The fourth-order valence-corrected chi connectivity index (χ4v) is 4.17. The minimum atomic E-state index is -0.223. The van der Waals surface area contributed by atoms with Crippen LogP contribution in [0.15, 0.2) is 48.7 Å². The number of nitrogens with one attached hydrogen (secondary N) is 3. The van der Waals surface area contributed by atoms with Crippen LogP contribution in [-0.2, 0) is 7.05 Å². The molecule has 0 amide bonds. The van der Waals surface area contributed by atoms with Crippen LogP contribution < -0.4 is 16.0 Å². The molecule has 0 radical (unpaired) electrons. The lowest BCUT2D eigenvalue weighted by Gasteiger charge is -2.16. The first kappa shape index (κ1) is 21.1. The molecule has 0 bridgehead atoms. The zero-order valence-corrected chi connectivity index (χ0v) is 18.9. The van der Waals surface area contributed by atoms with E-state index in [1.165, 1.54) is 6.07 Å². The van der Waals surface area contributed by atoms with E-state index in [0.717, 1.165) is 53.0 Å². The topological polar surface area (TPSA) is 79.7 Å². The molecule has 5 rings (SSSR count). The minimum Gasteiger partial charge on any atom is -0.338 e. The van der Waals surface area contributed by atoms with Gasteiger partial charge >= 0.3 is 0 Å². The molecule has 0 unspecified atom stereocenters. The summed E-state index contributed by atoms with van der Waals surface area (Å²) in [4.78, 5) is 9.15. The maximum Gasteiger partial charge on any atom is 0.229 e. The van der Waals surface area contributed by atoms with Crippen molar-refractivity contribution in [2.75, 3.05) is 23.7 Å². The summed E-state index contributed by atoms with van der Waals surface area (Å²) in [7, 11) is 1.86. The van der Waals surface area contributed by atoms with Crippen molar-refractivity contribution in [1.29, 1.82) is 0 Å². The molecule has 33 heavy (non-hydrogen) atoms. The summed E-state index contributed by atoms with van der Waals surface area (Å²) >= 11 is 0. The average molecular weight is 444 g/mol. The van der Waals surface area contributed by atoms with Gasteiger partial charge in [0, 0.05) is 36.7 Å². The predicted octanol–water partition coefficient (Wildman–Crippen LogP) is 4.98. The Morgan fingerprint density at radius 2 is 1.91 bits per heavy atom. The monoisotopic (exact) mass is 443 g/mol. The molecule has 0 atom stereocenters. The van der Waals surface area contributed by atoms with E-state index < -0.39 is 0 Å². The van der Waals surface area contributed by atoms with Gasteiger partial charge < -0.3 is 16.0 Å². The Labute approximate surface area is 191 Å². The quantitative estimate of drug-likeness (QED) is 0.404. The number of aromatic nitrogens is 4. The molecule has 2 aromatic heterocycles. The van der Waals surface area contributed by atoms with Crippen LogP contribution in [0.25, 0.3) is 16.6 Å². The highest BCUT2D eigenvalue weighted by molar-refractivity contribution is 5.90. The second kappa shape index (κ2) is 8.63. The number of hydrogen-bond acceptors (Lipinski definition) is 6. The van der Waals surface area contributed by atoms with Crippen LogP contribution in [0.5, 0.6) is 0 Å². The standard InChI is InChI=1S/C25H26FN7/c1-15-5-4-6-16(2)22(15)30-23-20-14-28-25(31-24(20)33(3)32-23)29-18-7-8-21(26)19(13-18)17-9-11-27-12-10-17/h4-9,13-14,27H,10-12H2,1-3H3,(H,30,32)(H,28,29,31). The third-order valence-corrected chi connectivity index (χ3v) is 5.94. The van der Waals surface area contributed by atoms with E-state index in [1.807, 2.05) is 25.3 Å². The molecule has 3 N–H and O–H groups in total. The molecule has 0 aliphatic carbocycles. The summed E-state index contributed by atoms with van der Waals surface area (Å²) in [6, 6.07) is 11.2. The van der Waals surface area contributed by atoms with Crippen LogP contribution in [0.3, 0.4) is 0 Å². The zero-order chi connectivity index (χ0) is 22.9. The minimum absolute atomic E-state index is 0.223. The largest absolute Gasteiger partial charge is 0.338 e. The second-order valence-electron chi connectivity index (χ2n) is 8.30. The van der Waals surface area contributed by atoms with E-state index in [4.69, 9.17) is 0 Å². The van der Waals surface area contributed by atoms with Gasteiger partial charge in [-0.15, -0.1) is 0 Å². The predicted molar refractivity (Wildman–Crippen MR) is 131 cm³/mol. The van der Waals surface area contributed by atoms with Crippen molar-refractivity contribution in [3.8, 4) is 0 Å². The Hall–Kier alpha value is -3.78. The number of anilines is 4. The zero-order valence-electron chi connectivity index (χ0n) is 18.9. The highest BCUT2D eigenvalue weighted by Gasteiger charge is 2.15. The van der Waals surface area contributed by atoms with Gasteiger partial charge in [-0.2, -0.15) is 10.1 Å². The Bertz CT molecular complexity index is 1350. The molecule has 1 aliphatic heterocycles. The maximum absolute atomic E-state index is 14.5. The fourth-order valence-electron chi connectivity index (χ4n) is 4.17. The number of benzene rings is 2. The maximum atomic E-state index is 14.5.